The molecule has 7 nitrogen and oxygen atoms in total. The second kappa shape index (κ2) is 6.37. The Kier molecular flexibility index (Phi) is 4.16. The average Bonchev–Trinajstić information content (AvgIpc) is 2.99. The van der Waals surface area contributed by atoms with Gasteiger partial charge in [-0.3, -0.25) is 0 Å². The molecule has 0 aromatic heterocycles. The van der Waals surface area contributed by atoms with Gasteiger partial charge in [-0.15, -0.1) is 0 Å². The Balaban J connectivity index is 1.56. The van der Waals surface area contributed by atoms with Crippen molar-refractivity contribution in [3.63, 3.8) is 0 Å². The van der Waals surface area contributed by atoms with Crippen molar-refractivity contribution in [3.8, 4) is 11.1 Å². The maximum atomic E-state index is 11.2. The number of anilines is 1. The summed E-state index contributed by atoms with van der Waals surface area (Å²) < 4.78 is 5.26. The topological polar surface area (TPSA) is 119 Å². The summed E-state index contributed by atoms with van der Waals surface area (Å²) in [5, 5.41) is 41.8. The van der Waals surface area contributed by atoms with Gasteiger partial charge in [-0.25, -0.2) is 4.79 Å². The maximum absolute atomic E-state index is 11.2. The van der Waals surface area contributed by atoms with Crippen LogP contribution in [0.5, 0.6) is 0 Å². The van der Waals surface area contributed by atoms with E-state index in [-0.39, 0.29) is 0 Å². The molecule has 2 aromatic carbocycles. The molecule has 136 valence electrons. The fourth-order valence-electron chi connectivity index (χ4n) is 3.60. The van der Waals surface area contributed by atoms with Gasteiger partial charge in [0.05, 0.1) is 0 Å². The van der Waals surface area contributed by atoms with Crippen LogP contribution in [0.15, 0.2) is 42.5 Å². The zero-order chi connectivity index (χ0) is 18.4. The number of fused-ring (bicyclic) bond motifs is 3. The summed E-state index contributed by atoms with van der Waals surface area (Å²) in [6.45, 7) is 0. The first-order valence-corrected chi connectivity index (χ1v) is 8.36. The van der Waals surface area contributed by atoms with Gasteiger partial charge in [0.2, 0.25) is 0 Å². The van der Waals surface area contributed by atoms with Crippen molar-refractivity contribution < 1.29 is 30.0 Å². The molecule has 0 radical (unpaired) electrons. The Labute approximate surface area is 149 Å². The second-order valence-corrected chi connectivity index (χ2v) is 6.64. The first kappa shape index (κ1) is 17.0. The molecule has 1 saturated heterocycles. The van der Waals surface area contributed by atoms with Gasteiger partial charge >= 0.3 is 5.97 Å². The molecular weight excluding hydrogens is 338 g/mol. The normalized spacial score (nSPS) is 29.7. The number of carboxylic acid groups (broad SMARTS) is 1. The van der Waals surface area contributed by atoms with Crippen molar-refractivity contribution in [2.24, 2.45) is 0 Å². The van der Waals surface area contributed by atoms with E-state index < -0.39 is 36.6 Å². The van der Waals surface area contributed by atoms with Crippen LogP contribution in [0.4, 0.5) is 5.69 Å². The highest BCUT2D eigenvalue weighted by Crippen LogP contribution is 2.38. The summed E-state index contributed by atoms with van der Waals surface area (Å²) in [6, 6.07) is 13.8. The summed E-state index contributed by atoms with van der Waals surface area (Å²) >= 11 is 0. The summed E-state index contributed by atoms with van der Waals surface area (Å²) in [6.07, 6.45) is -6.78. The molecule has 4 rings (SSSR count). The van der Waals surface area contributed by atoms with Gasteiger partial charge in [-0.05, 0) is 40.8 Å². The maximum Gasteiger partial charge on any atom is 0.335 e. The van der Waals surface area contributed by atoms with Gasteiger partial charge in [0.1, 0.15) is 18.3 Å². The average molecular weight is 357 g/mol. The SMILES string of the molecule is O=C(O)[C@H]1O[C@@H](Nc2ccc3c(c2)Cc2ccccc2-3)[C@H](O)[C@@H](O)[C@@H]1O. The van der Waals surface area contributed by atoms with Crippen molar-refractivity contribution >= 4 is 11.7 Å². The molecule has 1 aliphatic heterocycles. The van der Waals surface area contributed by atoms with Crippen molar-refractivity contribution in [1.29, 1.82) is 0 Å². The number of aliphatic hydroxyl groups is 3. The van der Waals surface area contributed by atoms with Gasteiger partial charge in [-0.2, -0.15) is 0 Å². The van der Waals surface area contributed by atoms with Crippen molar-refractivity contribution in [3.05, 3.63) is 53.6 Å². The Bertz CT molecular complexity index is 854. The number of ether oxygens (including phenoxy) is 1. The Morgan fingerprint density at radius 2 is 1.69 bits per heavy atom. The predicted octanol–water partition coefficient (Wildman–Crippen LogP) is 0.562. The lowest BCUT2D eigenvalue weighted by atomic mass is 9.97. The highest BCUT2D eigenvalue weighted by molar-refractivity contribution is 5.78. The third-order valence-electron chi connectivity index (χ3n) is 4.96. The number of nitrogens with one attached hydrogen (secondary N) is 1. The van der Waals surface area contributed by atoms with Gasteiger partial charge < -0.3 is 30.5 Å². The van der Waals surface area contributed by atoms with E-state index in [2.05, 4.69) is 17.4 Å². The molecule has 26 heavy (non-hydrogen) atoms. The third kappa shape index (κ3) is 2.75. The largest absolute Gasteiger partial charge is 0.479 e. The quantitative estimate of drug-likeness (QED) is 0.465. The van der Waals surface area contributed by atoms with E-state index in [1.165, 1.54) is 11.1 Å². The molecule has 5 N–H and O–H groups in total. The molecule has 0 unspecified atom stereocenters. The van der Waals surface area contributed by atoms with Gasteiger partial charge in [0, 0.05) is 5.69 Å². The molecule has 1 fully saturated rings. The monoisotopic (exact) mass is 357 g/mol. The number of hydrogen-bond acceptors (Lipinski definition) is 6. The van der Waals surface area contributed by atoms with Crippen LogP contribution < -0.4 is 5.32 Å². The van der Waals surface area contributed by atoms with Crippen LogP contribution >= 0.6 is 0 Å². The van der Waals surface area contributed by atoms with Gasteiger partial charge in [-0.1, -0.05) is 30.3 Å². The molecule has 0 saturated carbocycles. The lowest BCUT2D eigenvalue weighted by molar-refractivity contribution is -0.221. The molecule has 0 spiro atoms. The number of aliphatic carboxylic acids is 1. The van der Waals surface area contributed by atoms with Crippen molar-refractivity contribution in [2.45, 2.75) is 37.1 Å². The third-order valence-corrected chi connectivity index (χ3v) is 4.96. The van der Waals surface area contributed by atoms with Crippen LogP contribution in [0.3, 0.4) is 0 Å². The highest BCUT2D eigenvalue weighted by atomic mass is 16.6. The molecule has 2 aromatic rings. The van der Waals surface area contributed by atoms with E-state index in [9.17, 15) is 20.1 Å². The fraction of sp³-hybridized carbons (Fsp3) is 0.316. The fourth-order valence-corrected chi connectivity index (χ4v) is 3.60. The summed E-state index contributed by atoms with van der Waals surface area (Å²) in [4.78, 5) is 11.2. The van der Waals surface area contributed by atoms with Crippen LogP contribution in [0.25, 0.3) is 11.1 Å². The molecule has 0 bridgehead atoms. The minimum absolute atomic E-state index is 0.633. The number of aliphatic hydroxyl groups excluding tert-OH is 3. The van der Waals surface area contributed by atoms with Crippen LogP contribution in [0, 0.1) is 0 Å². The minimum atomic E-state index is -1.70. The zero-order valence-corrected chi connectivity index (χ0v) is 13.7. The number of hydrogen-bond donors (Lipinski definition) is 5. The van der Waals surface area contributed by atoms with Crippen LogP contribution in [-0.2, 0) is 16.0 Å². The molecule has 2 aliphatic rings. The van der Waals surface area contributed by atoms with Gasteiger partial charge in [0.25, 0.3) is 0 Å². The Hall–Kier alpha value is -2.45. The number of benzene rings is 2. The summed E-state index contributed by atoms with van der Waals surface area (Å²) in [5.74, 6) is -1.40. The zero-order valence-electron chi connectivity index (χ0n) is 13.7. The van der Waals surface area contributed by atoms with Crippen LogP contribution in [-0.4, -0.2) is 57.0 Å². The first-order chi connectivity index (χ1) is 12.5. The Morgan fingerprint density at radius 1 is 0.962 bits per heavy atom. The van der Waals surface area contributed by atoms with Crippen LogP contribution in [0.2, 0.25) is 0 Å². The summed E-state index contributed by atoms with van der Waals surface area (Å²) in [7, 11) is 0. The molecule has 1 aliphatic carbocycles. The standard InChI is InChI=1S/C19H19NO6/c21-14-15(22)17(19(24)25)26-18(16(14)23)20-11-5-6-13-10(8-11)7-9-3-1-2-4-12(9)13/h1-6,8,14-18,20-23H,7H2,(H,24,25)/t14-,15-,16+,17-,18+/m0/s1. The molecule has 0 amide bonds. The highest BCUT2D eigenvalue weighted by Gasteiger charge is 2.47. The minimum Gasteiger partial charge on any atom is -0.479 e. The molecule has 7 heteroatoms. The Morgan fingerprint density at radius 3 is 2.46 bits per heavy atom. The van der Waals surface area contributed by atoms with E-state index in [0.29, 0.717) is 5.69 Å². The summed E-state index contributed by atoms with van der Waals surface area (Å²) in [5.41, 5.74) is 5.30. The second-order valence-electron chi connectivity index (χ2n) is 6.64. The van der Waals surface area contributed by atoms with E-state index in [4.69, 9.17) is 9.84 Å². The van der Waals surface area contributed by atoms with Crippen molar-refractivity contribution in [1.82, 2.24) is 0 Å². The van der Waals surface area contributed by atoms with E-state index in [0.717, 1.165) is 17.5 Å². The lowest BCUT2D eigenvalue weighted by Gasteiger charge is -2.39. The van der Waals surface area contributed by atoms with E-state index in [1.54, 1.807) is 0 Å². The van der Waals surface area contributed by atoms with Gasteiger partial charge in [0.15, 0.2) is 12.3 Å². The first-order valence-electron chi connectivity index (χ1n) is 8.36. The number of carbonyl (C=O) groups is 1. The van der Waals surface area contributed by atoms with Crippen LogP contribution in [0.1, 0.15) is 11.1 Å². The molecular formula is C19H19NO6. The molecule has 5 atom stereocenters. The van der Waals surface area contributed by atoms with Crippen molar-refractivity contribution in [2.75, 3.05) is 5.32 Å². The number of rotatable bonds is 3. The molecule has 1 heterocycles. The van der Waals surface area contributed by atoms with E-state index >= 15 is 0 Å². The van der Waals surface area contributed by atoms with E-state index in [1.807, 2.05) is 30.3 Å². The smallest absolute Gasteiger partial charge is 0.335 e. The number of carboxylic acids is 1. The lowest BCUT2D eigenvalue weighted by Crippen LogP contribution is -2.61. The predicted molar refractivity (Wildman–Crippen MR) is 92.6 cm³/mol.